The molecular weight excluding hydrogens is 252 g/mol. The Hall–Kier alpha value is -2.36. The summed E-state index contributed by atoms with van der Waals surface area (Å²) >= 11 is 0. The smallest absolute Gasteiger partial charge is 0.256 e. The van der Waals surface area contributed by atoms with Crippen molar-refractivity contribution in [3.05, 3.63) is 58.9 Å². The molecule has 4 heteroatoms. The summed E-state index contributed by atoms with van der Waals surface area (Å²) in [7, 11) is 0. The van der Waals surface area contributed by atoms with Crippen LogP contribution >= 0.6 is 0 Å². The highest BCUT2D eigenvalue weighted by atomic mass is 16.3. The molecule has 4 nitrogen and oxygen atoms in total. The van der Waals surface area contributed by atoms with E-state index in [2.05, 4.69) is 4.98 Å². The quantitative estimate of drug-likeness (QED) is 0.794. The standard InChI is InChI=1S/C16H14N2O2/c19-11-3-4-12-10(8-11)5-7-18-15(12)9-14-13(16(18)20)2-1-6-17-14/h1-4,6,8,15,19H,5,7,9H2. The fourth-order valence-corrected chi connectivity index (χ4v) is 3.29. The predicted octanol–water partition coefficient (Wildman–Crippen LogP) is 2.08. The Labute approximate surface area is 116 Å². The monoisotopic (exact) mass is 266 g/mol. The van der Waals surface area contributed by atoms with Gasteiger partial charge in [0.05, 0.1) is 17.3 Å². The van der Waals surface area contributed by atoms with Crippen LogP contribution in [0.5, 0.6) is 5.75 Å². The van der Waals surface area contributed by atoms with Crippen molar-refractivity contribution in [3.63, 3.8) is 0 Å². The number of carbonyl (C=O) groups is 1. The lowest BCUT2D eigenvalue weighted by atomic mass is 9.85. The number of hydrogen-bond donors (Lipinski definition) is 1. The van der Waals surface area contributed by atoms with Crippen molar-refractivity contribution in [1.29, 1.82) is 0 Å². The fourth-order valence-electron chi connectivity index (χ4n) is 3.29. The molecule has 0 saturated carbocycles. The molecule has 0 aliphatic carbocycles. The number of aromatic hydroxyl groups is 1. The van der Waals surface area contributed by atoms with Crippen LogP contribution in [-0.4, -0.2) is 27.4 Å². The first kappa shape index (κ1) is 11.5. The average Bonchev–Trinajstić information content (AvgIpc) is 2.47. The Bertz CT molecular complexity index is 711. The number of amides is 1. The van der Waals surface area contributed by atoms with E-state index < -0.39 is 0 Å². The maximum Gasteiger partial charge on any atom is 0.256 e. The van der Waals surface area contributed by atoms with Crippen LogP contribution in [0.3, 0.4) is 0 Å². The number of phenolic OH excluding ortho intramolecular Hbond substituents is 1. The Morgan fingerprint density at radius 3 is 3.10 bits per heavy atom. The van der Waals surface area contributed by atoms with E-state index in [0.29, 0.717) is 6.54 Å². The number of benzene rings is 1. The molecule has 100 valence electrons. The van der Waals surface area contributed by atoms with Gasteiger partial charge in [0.1, 0.15) is 5.75 Å². The summed E-state index contributed by atoms with van der Waals surface area (Å²) in [6.45, 7) is 0.703. The molecule has 2 aliphatic heterocycles. The highest BCUT2D eigenvalue weighted by molar-refractivity contribution is 5.96. The molecule has 1 unspecified atom stereocenters. The van der Waals surface area contributed by atoms with Crippen LogP contribution in [0.2, 0.25) is 0 Å². The minimum absolute atomic E-state index is 0.0502. The largest absolute Gasteiger partial charge is 0.508 e. The van der Waals surface area contributed by atoms with Crippen molar-refractivity contribution in [3.8, 4) is 5.75 Å². The van der Waals surface area contributed by atoms with E-state index in [0.717, 1.165) is 35.2 Å². The lowest BCUT2D eigenvalue weighted by Crippen LogP contribution is -2.44. The minimum Gasteiger partial charge on any atom is -0.508 e. The highest BCUT2D eigenvalue weighted by Crippen LogP contribution is 2.38. The molecule has 1 aromatic heterocycles. The number of hydrogen-bond acceptors (Lipinski definition) is 3. The molecule has 1 aromatic carbocycles. The molecule has 4 rings (SSSR count). The molecule has 2 aromatic rings. The molecule has 1 amide bonds. The van der Waals surface area contributed by atoms with Crippen molar-refractivity contribution in [2.24, 2.45) is 0 Å². The van der Waals surface area contributed by atoms with Gasteiger partial charge in [-0.2, -0.15) is 0 Å². The summed E-state index contributed by atoms with van der Waals surface area (Å²) in [5.41, 5.74) is 3.88. The first-order valence-corrected chi connectivity index (χ1v) is 6.80. The summed E-state index contributed by atoms with van der Waals surface area (Å²) in [5, 5.41) is 9.60. The predicted molar refractivity (Wildman–Crippen MR) is 73.5 cm³/mol. The molecule has 0 fully saturated rings. The normalized spacial score (nSPS) is 20.1. The summed E-state index contributed by atoms with van der Waals surface area (Å²) in [4.78, 5) is 18.9. The van der Waals surface area contributed by atoms with Gasteiger partial charge < -0.3 is 10.0 Å². The zero-order valence-corrected chi connectivity index (χ0v) is 10.9. The maximum absolute atomic E-state index is 12.6. The fraction of sp³-hybridized carbons (Fsp3) is 0.250. The number of pyridine rings is 1. The van der Waals surface area contributed by atoms with E-state index in [1.165, 1.54) is 0 Å². The average molecular weight is 266 g/mol. The molecule has 2 aliphatic rings. The van der Waals surface area contributed by atoms with E-state index in [-0.39, 0.29) is 17.7 Å². The van der Waals surface area contributed by atoms with Crippen molar-refractivity contribution in [2.75, 3.05) is 6.54 Å². The molecule has 0 bridgehead atoms. The summed E-state index contributed by atoms with van der Waals surface area (Å²) in [6, 6.07) is 9.16. The molecule has 20 heavy (non-hydrogen) atoms. The summed E-state index contributed by atoms with van der Waals surface area (Å²) in [6.07, 6.45) is 3.28. The van der Waals surface area contributed by atoms with Gasteiger partial charge in [0.2, 0.25) is 0 Å². The Balaban J connectivity index is 1.84. The van der Waals surface area contributed by atoms with Crippen LogP contribution in [0.15, 0.2) is 36.5 Å². The van der Waals surface area contributed by atoms with Crippen molar-refractivity contribution in [1.82, 2.24) is 9.88 Å². The number of nitrogens with zero attached hydrogens (tertiary/aromatic N) is 2. The second kappa shape index (κ2) is 4.07. The zero-order valence-electron chi connectivity index (χ0n) is 10.9. The molecule has 0 saturated heterocycles. The van der Waals surface area contributed by atoms with Crippen LogP contribution in [0.1, 0.15) is 33.2 Å². The van der Waals surface area contributed by atoms with Gasteiger partial charge in [-0.3, -0.25) is 9.78 Å². The summed E-state index contributed by atoms with van der Waals surface area (Å²) in [5.74, 6) is 0.362. The van der Waals surface area contributed by atoms with E-state index in [1.807, 2.05) is 29.2 Å². The van der Waals surface area contributed by atoms with Gasteiger partial charge in [0, 0.05) is 19.2 Å². The molecule has 1 atom stereocenters. The van der Waals surface area contributed by atoms with Gasteiger partial charge in [-0.1, -0.05) is 6.07 Å². The van der Waals surface area contributed by atoms with Gasteiger partial charge in [-0.15, -0.1) is 0 Å². The second-order valence-corrected chi connectivity index (χ2v) is 5.35. The third kappa shape index (κ3) is 1.54. The van der Waals surface area contributed by atoms with Crippen molar-refractivity contribution < 1.29 is 9.90 Å². The number of aromatic nitrogens is 1. The molecule has 1 N–H and O–H groups in total. The van der Waals surface area contributed by atoms with Gasteiger partial charge in [-0.25, -0.2) is 0 Å². The van der Waals surface area contributed by atoms with E-state index in [9.17, 15) is 9.90 Å². The van der Waals surface area contributed by atoms with Gasteiger partial charge in [0.15, 0.2) is 0 Å². The number of carbonyl (C=O) groups excluding carboxylic acids is 1. The topological polar surface area (TPSA) is 53.4 Å². The Kier molecular flexibility index (Phi) is 2.33. The zero-order chi connectivity index (χ0) is 13.7. The van der Waals surface area contributed by atoms with Gasteiger partial charge in [-0.05, 0) is 41.8 Å². The van der Waals surface area contributed by atoms with Crippen molar-refractivity contribution in [2.45, 2.75) is 18.9 Å². The Morgan fingerprint density at radius 2 is 2.20 bits per heavy atom. The van der Waals surface area contributed by atoms with E-state index in [4.69, 9.17) is 0 Å². The van der Waals surface area contributed by atoms with Crippen LogP contribution in [-0.2, 0) is 12.8 Å². The van der Waals surface area contributed by atoms with E-state index in [1.54, 1.807) is 12.3 Å². The third-order valence-electron chi connectivity index (χ3n) is 4.25. The minimum atomic E-state index is 0.0502. The van der Waals surface area contributed by atoms with Gasteiger partial charge >= 0.3 is 0 Å². The van der Waals surface area contributed by atoms with Crippen LogP contribution in [0, 0.1) is 0 Å². The van der Waals surface area contributed by atoms with Crippen LogP contribution in [0.4, 0.5) is 0 Å². The maximum atomic E-state index is 12.6. The third-order valence-corrected chi connectivity index (χ3v) is 4.25. The number of phenols is 1. The summed E-state index contributed by atoms with van der Waals surface area (Å²) < 4.78 is 0. The lowest BCUT2D eigenvalue weighted by Gasteiger charge is -2.40. The second-order valence-electron chi connectivity index (χ2n) is 5.35. The molecule has 0 spiro atoms. The first-order valence-electron chi connectivity index (χ1n) is 6.80. The van der Waals surface area contributed by atoms with Crippen LogP contribution < -0.4 is 0 Å². The molecule has 3 heterocycles. The molecular formula is C16H14N2O2. The lowest BCUT2D eigenvalue weighted by molar-refractivity contribution is 0.0629. The highest BCUT2D eigenvalue weighted by Gasteiger charge is 2.37. The van der Waals surface area contributed by atoms with E-state index >= 15 is 0 Å². The number of fused-ring (bicyclic) bond motifs is 4. The molecule has 0 radical (unpaired) electrons. The SMILES string of the molecule is O=C1c2cccnc2CC2c3ccc(O)cc3CCN12. The van der Waals surface area contributed by atoms with Crippen molar-refractivity contribution >= 4 is 5.91 Å². The Morgan fingerprint density at radius 1 is 1.30 bits per heavy atom. The van der Waals surface area contributed by atoms with Crippen LogP contribution in [0.25, 0.3) is 0 Å². The van der Waals surface area contributed by atoms with Gasteiger partial charge in [0.25, 0.3) is 5.91 Å². The first-order chi connectivity index (χ1) is 9.74. The number of rotatable bonds is 0.